The van der Waals surface area contributed by atoms with Gasteiger partial charge in [0.25, 0.3) is 5.91 Å². The molecule has 1 amide bonds. The van der Waals surface area contributed by atoms with E-state index in [2.05, 4.69) is 32.4 Å². The highest BCUT2D eigenvalue weighted by Gasteiger charge is 2.32. The van der Waals surface area contributed by atoms with Gasteiger partial charge in [0, 0.05) is 19.2 Å². The molecule has 6 heteroatoms. The lowest BCUT2D eigenvalue weighted by molar-refractivity contribution is -0.110. The molecule has 30 heavy (non-hydrogen) atoms. The average molecular weight is 399 g/mol. The van der Waals surface area contributed by atoms with Gasteiger partial charge >= 0.3 is 0 Å². The Labute approximate surface area is 176 Å². The molecule has 3 aromatic rings. The van der Waals surface area contributed by atoms with E-state index in [9.17, 15) is 4.79 Å². The van der Waals surface area contributed by atoms with E-state index in [0.29, 0.717) is 18.0 Å². The normalized spacial score (nSPS) is 15.9. The molecule has 1 aliphatic rings. The van der Waals surface area contributed by atoms with Crippen LogP contribution < -0.4 is 10.3 Å². The predicted molar refractivity (Wildman–Crippen MR) is 120 cm³/mol. The molecule has 0 spiro atoms. The lowest BCUT2D eigenvalue weighted by atomic mass is 10.0. The molecule has 1 unspecified atom stereocenters. The lowest BCUT2D eigenvalue weighted by Crippen LogP contribution is -2.22. The fourth-order valence-corrected chi connectivity index (χ4v) is 3.60. The Hall–Kier alpha value is -3.51. The van der Waals surface area contributed by atoms with Gasteiger partial charge < -0.3 is 10.2 Å². The van der Waals surface area contributed by atoms with E-state index in [1.165, 1.54) is 0 Å². The summed E-state index contributed by atoms with van der Waals surface area (Å²) < 4.78 is 0. The van der Waals surface area contributed by atoms with Crippen LogP contribution >= 0.6 is 0 Å². The Bertz CT molecular complexity index is 1030. The number of para-hydroxylation sites is 1. The number of carbonyl (C=O) groups is 1. The van der Waals surface area contributed by atoms with Gasteiger partial charge in [-0.2, -0.15) is 5.10 Å². The number of nitrogens with zero attached hydrogens (tertiary/aromatic N) is 4. The smallest absolute Gasteiger partial charge is 0.273 e. The van der Waals surface area contributed by atoms with Crippen molar-refractivity contribution in [3.8, 4) is 0 Å². The number of benzene rings is 2. The molecule has 1 N–H and O–H groups in total. The molecular weight excluding hydrogens is 374 g/mol. The van der Waals surface area contributed by atoms with E-state index in [1.54, 1.807) is 6.20 Å². The minimum Gasteiger partial charge on any atom is -0.305 e. The van der Waals surface area contributed by atoms with Crippen LogP contribution in [0.1, 0.15) is 23.6 Å². The van der Waals surface area contributed by atoms with Crippen LogP contribution in [0, 0.1) is 0 Å². The second-order valence-corrected chi connectivity index (χ2v) is 7.60. The zero-order valence-electron chi connectivity index (χ0n) is 17.2. The summed E-state index contributed by atoms with van der Waals surface area (Å²) in [5.41, 5.74) is 3.67. The van der Waals surface area contributed by atoms with Crippen molar-refractivity contribution in [3.63, 3.8) is 0 Å². The zero-order chi connectivity index (χ0) is 20.9. The highest BCUT2D eigenvalue weighted by Crippen LogP contribution is 2.35. The van der Waals surface area contributed by atoms with Crippen LogP contribution in [-0.2, 0) is 11.3 Å². The first-order chi connectivity index (χ1) is 14.6. The van der Waals surface area contributed by atoms with Crippen LogP contribution in [0.15, 0.2) is 84.1 Å². The monoisotopic (exact) mass is 399 g/mol. The average Bonchev–Trinajstić information content (AvgIpc) is 3.20. The third-order valence-corrected chi connectivity index (χ3v) is 4.94. The summed E-state index contributed by atoms with van der Waals surface area (Å²) >= 11 is 0. The highest BCUT2D eigenvalue weighted by molar-refractivity contribution is 6.43. The number of nitrogens with one attached hydrogen (secondary N) is 1. The zero-order valence-corrected chi connectivity index (χ0v) is 17.2. The highest BCUT2D eigenvalue weighted by atomic mass is 16.2. The Balaban J connectivity index is 1.57. The number of aromatic nitrogens is 1. The van der Waals surface area contributed by atoms with Crippen LogP contribution in [0.25, 0.3) is 0 Å². The predicted octanol–water partition coefficient (Wildman–Crippen LogP) is 4.09. The van der Waals surface area contributed by atoms with Crippen molar-refractivity contribution in [2.45, 2.75) is 19.0 Å². The molecule has 152 valence electrons. The van der Waals surface area contributed by atoms with Gasteiger partial charge in [0.05, 0.1) is 11.7 Å². The maximum Gasteiger partial charge on any atom is 0.273 e. The van der Waals surface area contributed by atoms with Crippen LogP contribution in [-0.4, -0.2) is 35.6 Å². The number of rotatable bonds is 6. The Morgan fingerprint density at radius 3 is 2.47 bits per heavy atom. The van der Waals surface area contributed by atoms with E-state index >= 15 is 0 Å². The minimum absolute atomic E-state index is 0.0256. The van der Waals surface area contributed by atoms with Crippen LogP contribution in [0.2, 0.25) is 0 Å². The number of amides is 1. The molecule has 2 heterocycles. The van der Waals surface area contributed by atoms with Gasteiger partial charge in [-0.15, -0.1) is 0 Å². The van der Waals surface area contributed by atoms with Gasteiger partial charge in [0.2, 0.25) is 0 Å². The van der Waals surface area contributed by atoms with Crippen molar-refractivity contribution >= 4 is 23.1 Å². The molecule has 0 bridgehead atoms. The fourth-order valence-electron chi connectivity index (χ4n) is 3.60. The summed E-state index contributed by atoms with van der Waals surface area (Å²) in [5.74, 6) is 0.320. The quantitative estimate of drug-likeness (QED) is 0.678. The molecule has 0 saturated heterocycles. The molecule has 0 fully saturated rings. The van der Waals surface area contributed by atoms with Crippen LogP contribution in [0.3, 0.4) is 0 Å². The summed E-state index contributed by atoms with van der Waals surface area (Å²) in [7, 11) is 4.02. The Morgan fingerprint density at radius 1 is 1.07 bits per heavy atom. The second-order valence-electron chi connectivity index (χ2n) is 7.60. The number of pyridine rings is 1. The van der Waals surface area contributed by atoms with E-state index < -0.39 is 0 Å². The standard InChI is InChI=1S/C24H25N5O/c1-28(2)17-18-13-14-25-23(15-18)26-24(30)21-16-22(19-9-5-3-6-10-19)29(27-21)20-11-7-4-8-12-20/h3-15,22H,16-17H2,1-2H3,(H,25,26,30). The third-order valence-electron chi connectivity index (χ3n) is 4.94. The van der Waals surface area contributed by atoms with E-state index in [-0.39, 0.29) is 11.9 Å². The van der Waals surface area contributed by atoms with Crippen molar-refractivity contribution in [1.82, 2.24) is 9.88 Å². The van der Waals surface area contributed by atoms with E-state index in [0.717, 1.165) is 23.4 Å². The first kappa shape index (κ1) is 19.8. The number of hydrazone groups is 1. The number of hydrogen-bond acceptors (Lipinski definition) is 5. The fraction of sp³-hybridized carbons (Fsp3) is 0.208. The number of hydrogen-bond donors (Lipinski definition) is 1. The van der Waals surface area contributed by atoms with Crippen molar-refractivity contribution in [2.75, 3.05) is 24.4 Å². The van der Waals surface area contributed by atoms with Gasteiger partial charge in [-0.05, 0) is 49.5 Å². The molecule has 1 aliphatic heterocycles. The number of carbonyl (C=O) groups excluding carboxylic acids is 1. The Morgan fingerprint density at radius 2 is 1.77 bits per heavy atom. The second kappa shape index (κ2) is 8.88. The summed E-state index contributed by atoms with van der Waals surface area (Å²) in [6, 6.07) is 23.9. The molecule has 1 atom stereocenters. The van der Waals surface area contributed by atoms with Crippen LogP contribution in [0.5, 0.6) is 0 Å². The Kier molecular flexibility index (Phi) is 5.86. The van der Waals surface area contributed by atoms with Gasteiger partial charge in [-0.25, -0.2) is 4.98 Å². The first-order valence-electron chi connectivity index (χ1n) is 9.98. The summed E-state index contributed by atoms with van der Waals surface area (Å²) in [6.07, 6.45) is 2.25. The topological polar surface area (TPSA) is 60.8 Å². The molecule has 1 aromatic heterocycles. The molecule has 0 aliphatic carbocycles. The third kappa shape index (κ3) is 4.55. The lowest BCUT2D eigenvalue weighted by Gasteiger charge is -2.23. The molecule has 6 nitrogen and oxygen atoms in total. The first-order valence-corrected chi connectivity index (χ1v) is 9.98. The van der Waals surface area contributed by atoms with Crippen LogP contribution in [0.4, 0.5) is 11.5 Å². The summed E-state index contributed by atoms with van der Waals surface area (Å²) in [5, 5.41) is 9.53. The molecule has 4 rings (SSSR count). The van der Waals surface area contributed by atoms with Crippen molar-refractivity contribution < 1.29 is 4.79 Å². The van der Waals surface area contributed by atoms with Crippen molar-refractivity contribution in [3.05, 3.63) is 90.1 Å². The van der Waals surface area contributed by atoms with Crippen molar-refractivity contribution in [2.24, 2.45) is 5.10 Å². The largest absolute Gasteiger partial charge is 0.305 e. The minimum atomic E-state index is -0.219. The molecule has 2 aromatic carbocycles. The maximum absolute atomic E-state index is 13.0. The summed E-state index contributed by atoms with van der Waals surface area (Å²) in [4.78, 5) is 19.3. The van der Waals surface area contributed by atoms with Crippen molar-refractivity contribution in [1.29, 1.82) is 0 Å². The molecule has 0 radical (unpaired) electrons. The summed E-state index contributed by atoms with van der Waals surface area (Å²) in [6.45, 7) is 0.782. The van der Waals surface area contributed by atoms with E-state index in [4.69, 9.17) is 0 Å². The van der Waals surface area contributed by atoms with Gasteiger partial charge in [-0.3, -0.25) is 9.80 Å². The van der Waals surface area contributed by atoms with Gasteiger partial charge in [0.15, 0.2) is 0 Å². The molecule has 0 saturated carbocycles. The van der Waals surface area contributed by atoms with Gasteiger partial charge in [0.1, 0.15) is 11.5 Å². The maximum atomic E-state index is 13.0. The number of anilines is 2. The molecular formula is C24H25N5O. The SMILES string of the molecule is CN(C)Cc1ccnc(NC(=O)C2=NN(c3ccccc3)C(c3ccccc3)C2)c1. The van der Waals surface area contributed by atoms with E-state index in [1.807, 2.05) is 79.8 Å². The van der Waals surface area contributed by atoms with Gasteiger partial charge in [-0.1, -0.05) is 48.5 Å².